The van der Waals surface area contributed by atoms with Crippen LogP contribution in [0.25, 0.3) is 0 Å². The van der Waals surface area contributed by atoms with Gasteiger partial charge in [-0.15, -0.1) is 12.6 Å². The third kappa shape index (κ3) is 6.99. The van der Waals surface area contributed by atoms with E-state index in [2.05, 4.69) is 38.3 Å². The largest absolute Gasteiger partial charge is 0.304 e. The SMILES string of the molecule is CCN(CC)CC.S=C(S)c1ccccc1. The Bertz CT molecular complexity index is 276. The standard InChI is InChI=1S/C7H6S2.C6H15N/c8-7(9)6-4-2-1-3-5-6;1-4-7(5-2)6-3/h1-5H,(H,8,9);4-6H2,1-3H3. The zero-order valence-electron chi connectivity index (χ0n) is 10.3. The molecule has 0 aliphatic carbocycles. The maximum absolute atomic E-state index is 4.83. The molecule has 0 atom stereocenters. The Morgan fingerprint density at radius 1 is 1.06 bits per heavy atom. The molecular formula is C13H21NS2. The molecule has 0 spiro atoms. The van der Waals surface area contributed by atoms with Gasteiger partial charge in [-0.25, -0.2) is 0 Å². The first kappa shape index (κ1) is 15.6. The number of thiol groups is 1. The third-order valence-corrected chi connectivity index (χ3v) is 2.86. The van der Waals surface area contributed by atoms with Gasteiger partial charge in [-0.05, 0) is 25.2 Å². The topological polar surface area (TPSA) is 3.24 Å². The molecule has 1 rings (SSSR count). The van der Waals surface area contributed by atoms with Gasteiger partial charge in [0.25, 0.3) is 0 Å². The molecule has 0 heterocycles. The molecular weight excluding hydrogens is 234 g/mol. The van der Waals surface area contributed by atoms with Crippen LogP contribution in [0.4, 0.5) is 0 Å². The van der Waals surface area contributed by atoms with Crippen LogP contribution in [0.3, 0.4) is 0 Å². The fraction of sp³-hybridized carbons (Fsp3) is 0.462. The van der Waals surface area contributed by atoms with Crippen LogP contribution in [0.5, 0.6) is 0 Å². The molecule has 0 unspecified atom stereocenters. The van der Waals surface area contributed by atoms with Crippen molar-refractivity contribution in [3.63, 3.8) is 0 Å². The zero-order chi connectivity index (χ0) is 12.4. The van der Waals surface area contributed by atoms with E-state index in [9.17, 15) is 0 Å². The van der Waals surface area contributed by atoms with Crippen molar-refractivity contribution < 1.29 is 0 Å². The number of rotatable bonds is 4. The van der Waals surface area contributed by atoms with Crippen LogP contribution in [-0.2, 0) is 0 Å². The quantitative estimate of drug-likeness (QED) is 0.646. The first-order chi connectivity index (χ1) is 7.65. The molecule has 0 aliphatic heterocycles. The highest BCUT2D eigenvalue weighted by atomic mass is 32.1. The minimum atomic E-state index is 0.649. The Labute approximate surface area is 110 Å². The molecule has 0 saturated heterocycles. The average molecular weight is 255 g/mol. The van der Waals surface area contributed by atoms with Gasteiger partial charge >= 0.3 is 0 Å². The molecule has 1 aromatic rings. The summed E-state index contributed by atoms with van der Waals surface area (Å²) in [6.45, 7) is 10.1. The normalized spacial score (nSPS) is 9.56. The molecule has 1 aromatic carbocycles. The molecule has 16 heavy (non-hydrogen) atoms. The van der Waals surface area contributed by atoms with Crippen molar-refractivity contribution in [2.45, 2.75) is 20.8 Å². The highest BCUT2D eigenvalue weighted by Crippen LogP contribution is 2.02. The van der Waals surface area contributed by atoms with Gasteiger partial charge < -0.3 is 4.90 Å². The molecule has 1 nitrogen and oxygen atoms in total. The van der Waals surface area contributed by atoms with Crippen molar-refractivity contribution in [3.05, 3.63) is 35.9 Å². The van der Waals surface area contributed by atoms with Crippen molar-refractivity contribution >= 4 is 29.0 Å². The van der Waals surface area contributed by atoms with Crippen LogP contribution in [0, 0.1) is 0 Å². The number of hydrogen-bond donors (Lipinski definition) is 1. The predicted molar refractivity (Wildman–Crippen MR) is 80.6 cm³/mol. The van der Waals surface area contributed by atoms with E-state index in [1.165, 1.54) is 19.6 Å². The van der Waals surface area contributed by atoms with E-state index in [-0.39, 0.29) is 0 Å². The first-order valence-corrected chi connectivity index (χ1v) is 6.51. The van der Waals surface area contributed by atoms with E-state index in [0.29, 0.717) is 4.20 Å². The molecule has 0 amide bonds. The van der Waals surface area contributed by atoms with Crippen molar-refractivity contribution in [2.24, 2.45) is 0 Å². The lowest BCUT2D eigenvalue weighted by Gasteiger charge is -2.13. The van der Waals surface area contributed by atoms with Crippen molar-refractivity contribution in [1.29, 1.82) is 0 Å². The molecule has 0 radical (unpaired) electrons. The summed E-state index contributed by atoms with van der Waals surface area (Å²) in [7, 11) is 0. The second kappa shape index (κ2) is 9.82. The summed E-state index contributed by atoms with van der Waals surface area (Å²) in [6, 6.07) is 9.72. The Balaban J connectivity index is 0.000000293. The van der Waals surface area contributed by atoms with Crippen LogP contribution in [0.2, 0.25) is 0 Å². The second-order valence-electron chi connectivity index (χ2n) is 3.29. The number of nitrogens with zero attached hydrogens (tertiary/aromatic N) is 1. The summed E-state index contributed by atoms with van der Waals surface area (Å²) in [4.78, 5) is 2.38. The van der Waals surface area contributed by atoms with E-state index >= 15 is 0 Å². The Hall–Kier alpha value is -0.380. The minimum absolute atomic E-state index is 0.649. The molecule has 0 fully saturated rings. The molecule has 3 heteroatoms. The van der Waals surface area contributed by atoms with E-state index < -0.39 is 0 Å². The smallest absolute Gasteiger partial charge is 0.0747 e. The maximum atomic E-state index is 4.83. The monoisotopic (exact) mass is 255 g/mol. The summed E-state index contributed by atoms with van der Waals surface area (Å²) in [5.74, 6) is 0. The minimum Gasteiger partial charge on any atom is -0.304 e. The van der Waals surface area contributed by atoms with Gasteiger partial charge in [-0.2, -0.15) is 0 Å². The lowest BCUT2D eigenvalue weighted by atomic mass is 10.2. The summed E-state index contributed by atoms with van der Waals surface area (Å²) in [6.07, 6.45) is 0. The summed E-state index contributed by atoms with van der Waals surface area (Å²) in [5.41, 5.74) is 1.01. The van der Waals surface area contributed by atoms with Gasteiger partial charge in [0, 0.05) is 0 Å². The summed E-state index contributed by atoms with van der Waals surface area (Å²) >= 11 is 8.85. The Morgan fingerprint density at radius 3 is 1.69 bits per heavy atom. The van der Waals surface area contributed by atoms with Crippen LogP contribution < -0.4 is 0 Å². The molecule has 0 bridgehead atoms. The molecule has 0 aromatic heterocycles. The highest BCUT2D eigenvalue weighted by Gasteiger charge is 1.90. The molecule has 90 valence electrons. The first-order valence-electron chi connectivity index (χ1n) is 5.66. The molecule has 0 aliphatic rings. The van der Waals surface area contributed by atoms with Gasteiger partial charge in [0.2, 0.25) is 0 Å². The Morgan fingerprint density at radius 2 is 1.50 bits per heavy atom. The van der Waals surface area contributed by atoms with Crippen LogP contribution >= 0.6 is 24.8 Å². The van der Waals surface area contributed by atoms with E-state index in [0.717, 1.165) is 5.56 Å². The van der Waals surface area contributed by atoms with E-state index in [1.807, 2.05) is 30.3 Å². The van der Waals surface area contributed by atoms with Gasteiger partial charge in [0.05, 0.1) is 4.20 Å². The maximum Gasteiger partial charge on any atom is 0.0747 e. The average Bonchev–Trinajstić information content (AvgIpc) is 2.33. The number of thiocarbonyl (C=S) groups is 1. The second-order valence-corrected chi connectivity index (χ2v) is 4.45. The number of benzene rings is 1. The molecule has 0 saturated carbocycles. The van der Waals surface area contributed by atoms with Crippen molar-refractivity contribution in [1.82, 2.24) is 4.90 Å². The highest BCUT2D eigenvalue weighted by molar-refractivity contribution is 8.11. The van der Waals surface area contributed by atoms with Crippen LogP contribution in [-0.4, -0.2) is 28.7 Å². The number of hydrogen-bond acceptors (Lipinski definition) is 2. The fourth-order valence-electron chi connectivity index (χ4n) is 1.25. The lowest BCUT2D eigenvalue weighted by Crippen LogP contribution is -2.21. The summed E-state index contributed by atoms with van der Waals surface area (Å²) in [5, 5.41) is 0. The van der Waals surface area contributed by atoms with Crippen LogP contribution in [0.1, 0.15) is 26.3 Å². The fourth-order valence-corrected chi connectivity index (χ4v) is 1.54. The van der Waals surface area contributed by atoms with Gasteiger partial charge in [0.1, 0.15) is 0 Å². The predicted octanol–water partition coefficient (Wildman–Crippen LogP) is 3.64. The van der Waals surface area contributed by atoms with Gasteiger partial charge in [-0.1, -0.05) is 63.3 Å². The molecule has 0 N–H and O–H groups in total. The lowest BCUT2D eigenvalue weighted by molar-refractivity contribution is 0.321. The van der Waals surface area contributed by atoms with E-state index in [1.54, 1.807) is 0 Å². The van der Waals surface area contributed by atoms with Crippen molar-refractivity contribution in [2.75, 3.05) is 19.6 Å². The van der Waals surface area contributed by atoms with Crippen molar-refractivity contribution in [3.8, 4) is 0 Å². The van der Waals surface area contributed by atoms with Gasteiger partial charge in [-0.3, -0.25) is 0 Å². The summed E-state index contributed by atoms with van der Waals surface area (Å²) < 4.78 is 0.649. The zero-order valence-corrected chi connectivity index (χ0v) is 12.0. The third-order valence-electron chi connectivity index (χ3n) is 2.36. The van der Waals surface area contributed by atoms with Crippen LogP contribution in [0.15, 0.2) is 30.3 Å². The van der Waals surface area contributed by atoms with E-state index in [4.69, 9.17) is 12.2 Å². The van der Waals surface area contributed by atoms with Gasteiger partial charge in [0.15, 0.2) is 0 Å². The Kier molecular flexibility index (Phi) is 9.59.